The lowest BCUT2D eigenvalue weighted by Gasteiger charge is -2.24. The summed E-state index contributed by atoms with van der Waals surface area (Å²) in [5, 5.41) is 12.4. The van der Waals surface area contributed by atoms with Gasteiger partial charge in [-0.3, -0.25) is 4.79 Å². The Balaban J connectivity index is 1.57. The molecule has 0 aromatic heterocycles. The molecular weight excluding hydrogens is 320 g/mol. The number of nitrogens with zero attached hydrogens (tertiary/aromatic N) is 1. The van der Waals surface area contributed by atoms with Gasteiger partial charge in [-0.05, 0) is 31.6 Å². The van der Waals surface area contributed by atoms with Crippen LogP contribution in [0.4, 0.5) is 4.79 Å². The highest BCUT2D eigenvalue weighted by molar-refractivity contribution is 7.90. The summed E-state index contributed by atoms with van der Waals surface area (Å²) in [6.45, 7) is 1.09. The molecule has 2 amide bonds. The topological polar surface area (TPSA) is 104 Å². The number of carbonyl (C=O) groups excluding carboxylic acids is 1. The quantitative estimate of drug-likeness (QED) is 0.764. The van der Waals surface area contributed by atoms with E-state index in [1.54, 1.807) is 4.90 Å². The normalized spacial score (nSPS) is 31.7. The maximum atomic E-state index is 12.4. The number of urea groups is 1. The molecule has 0 spiro atoms. The number of amides is 2. The number of fused-ring (bicyclic) bond motifs is 1. The third kappa shape index (κ3) is 3.18. The first kappa shape index (κ1) is 16.5. The molecule has 130 valence electrons. The van der Waals surface area contributed by atoms with Gasteiger partial charge in [0, 0.05) is 31.3 Å². The van der Waals surface area contributed by atoms with E-state index in [9.17, 15) is 23.1 Å². The third-order valence-corrected chi connectivity index (χ3v) is 6.86. The molecule has 1 heterocycles. The number of carbonyl (C=O) groups is 2. The molecule has 3 fully saturated rings. The minimum absolute atomic E-state index is 0.0386. The van der Waals surface area contributed by atoms with Crippen LogP contribution in [0.1, 0.15) is 32.1 Å². The van der Waals surface area contributed by atoms with Crippen molar-refractivity contribution >= 4 is 21.8 Å². The first-order valence-corrected chi connectivity index (χ1v) is 10.2. The zero-order chi connectivity index (χ0) is 16.9. The highest BCUT2D eigenvalue weighted by Gasteiger charge is 2.56. The number of hydrogen-bond acceptors (Lipinski definition) is 4. The molecule has 1 aliphatic heterocycles. The highest BCUT2D eigenvalue weighted by atomic mass is 32.2. The van der Waals surface area contributed by atoms with Gasteiger partial charge in [0.05, 0.1) is 11.2 Å². The van der Waals surface area contributed by atoms with E-state index >= 15 is 0 Å². The van der Waals surface area contributed by atoms with E-state index in [1.807, 2.05) is 0 Å². The number of aliphatic carboxylic acids is 1. The Morgan fingerprint density at radius 1 is 1.30 bits per heavy atom. The van der Waals surface area contributed by atoms with E-state index in [1.165, 1.54) is 6.26 Å². The van der Waals surface area contributed by atoms with Crippen LogP contribution in [0.5, 0.6) is 0 Å². The number of carboxylic acid groups (broad SMARTS) is 1. The van der Waals surface area contributed by atoms with Gasteiger partial charge in [0.1, 0.15) is 9.84 Å². The first-order valence-electron chi connectivity index (χ1n) is 8.10. The average Bonchev–Trinajstić information content (AvgIpc) is 2.90. The Kier molecular flexibility index (Phi) is 3.85. The van der Waals surface area contributed by atoms with Crippen molar-refractivity contribution in [2.75, 3.05) is 31.6 Å². The summed E-state index contributed by atoms with van der Waals surface area (Å²) in [5.41, 5.74) is -1.09. The zero-order valence-corrected chi connectivity index (χ0v) is 14.2. The second kappa shape index (κ2) is 5.36. The molecule has 1 saturated heterocycles. The molecule has 0 radical (unpaired) electrons. The van der Waals surface area contributed by atoms with Gasteiger partial charge in [0.15, 0.2) is 0 Å². The van der Waals surface area contributed by atoms with E-state index in [0.717, 1.165) is 25.7 Å². The van der Waals surface area contributed by atoms with Crippen LogP contribution >= 0.6 is 0 Å². The summed E-state index contributed by atoms with van der Waals surface area (Å²) in [6.07, 6.45) is 5.23. The fourth-order valence-electron chi connectivity index (χ4n) is 4.27. The van der Waals surface area contributed by atoms with Crippen LogP contribution in [-0.2, 0) is 14.6 Å². The minimum atomic E-state index is -3.06. The summed E-state index contributed by atoms with van der Waals surface area (Å²) >= 11 is 0. The van der Waals surface area contributed by atoms with Crippen molar-refractivity contribution in [3.63, 3.8) is 0 Å². The molecule has 0 aromatic carbocycles. The smallest absolute Gasteiger partial charge is 0.317 e. The lowest BCUT2D eigenvalue weighted by atomic mass is 9.81. The van der Waals surface area contributed by atoms with E-state index in [4.69, 9.17) is 0 Å². The van der Waals surface area contributed by atoms with E-state index in [2.05, 4.69) is 5.32 Å². The van der Waals surface area contributed by atoms with Crippen molar-refractivity contribution in [2.24, 2.45) is 16.7 Å². The predicted molar refractivity (Wildman–Crippen MR) is 83.8 cm³/mol. The van der Waals surface area contributed by atoms with Crippen LogP contribution in [-0.4, -0.2) is 62.1 Å². The van der Waals surface area contributed by atoms with Crippen molar-refractivity contribution in [2.45, 2.75) is 32.1 Å². The van der Waals surface area contributed by atoms with Crippen molar-refractivity contribution in [3.05, 3.63) is 0 Å². The van der Waals surface area contributed by atoms with Gasteiger partial charge < -0.3 is 15.3 Å². The Bertz CT molecular complexity index is 628. The molecule has 0 bridgehead atoms. The number of rotatable bonds is 5. The monoisotopic (exact) mass is 344 g/mol. The number of hydrogen-bond donors (Lipinski definition) is 2. The second-order valence-electron chi connectivity index (χ2n) is 7.66. The molecule has 2 N–H and O–H groups in total. The Morgan fingerprint density at radius 3 is 2.52 bits per heavy atom. The van der Waals surface area contributed by atoms with Crippen LogP contribution < -0.4 is 5.32 Å². The van der Waals surface area contributed by atoms with Crippen LogP contribution in [0.25, 0.3) is 0 Å². The van der Waals surface area contributed by atoms with Gasteiger partial charge in [-0.1, -0.05) is 6.42 Å². The molecular formula is C15H24N2O5S. The molecule has 0 aromatic rings. The predicted octanol–water partition coefficient (Wildman–Crippen LogP) is 0.708. The molecule has 23 heavy (non-hydrogen) atoms. The molecule has 2 saturated carbocycles. The summed E-state index contributed by atoms with van der Waals surface area (Å²) in [4.78, 5) is 25.6. The summed E-state index contributed by atoms with van der Waals surface area (Å²) < 4.78 is 22.9. The fraction of sp³-hybridized carbons (Fsp3) is 0.867. The fourth-order valence-corrected chi connectivity index (χ4v) is 5.78. The number of nitrogens with one attached hydrogen (secondary N) is 1. The van der Waals surface area contributed by atoms with Gasteiger partial charge in [0.2, 0.25) is 0 Å². The number of sulfone groups is 1. The summed E-state index contributed by atoms with van der Waals surface area (Å²) in [6, 6.07) is -0.264. The van der Waals surface area contributed by atoms with Crippen molar-refractivity contribution in [3.8, 4) is 0 Å². The average molecular weight is 344 g/mol. The van der Waals surface area contributed by atoms with Crippen LogP contribution in [0.3, 0.4) is 0 Å². The van der Waals surface area contributed by atoms with Gasteiger partial charge in [-0.2, -0.15) is 0 Å². The van der Waals surface area contributed by atoms with Crippen LogP contribution in [0.15, 0.2) is 0 Å². The summed E-state index contributed by atoms with van der Waals surface area (Å²) in [5.74, 6) is -0.662. The molecule has 3 rings (SSSR count). The molecule has 8 heteroatoms. The highest BCUT2D eigenvalue weighted by Crippen LogP contribution is 2.49. The molecule has 7 nitrogen and oxygen atoms in total. The molecule has 2 aliphatic carbocycles. The Labute approximate surface area is 136 Å². The van der Waals surface area contributed by atoms with Gasteiger partial charge >= 0.3 is 12.0 Å². The van der Waals surface area contributed by atoms with Crippen LogP contribution in [0.2, 0.25) is 0 Å². The van der Waals surface area contributed by atoms with Crippen molar-refractivity contribution in [1.29, 1.82) is 0 Å². The first-order chi connectivity index (χ1) is 10.7. The minimum Gasteiger partial charge on any atom is -0.481 e. The van der Waals surface area contributed by atoms with Crippen molar-refractivity contribution < 1.29 is 23.1 Å². The SMILES string of the molecule is CS(=O)(=O)CC1(CNC(=O)N2C[C@@H]3CCC[C@@]3(C(=O)O)C2)CC1. The van der Waals surface area contributed by atoms with Gasteiger partial charge in [-0.25, -0.2) is 13.2 Å². The third-order valence-electron chi connectivity index (χ3n) is 5.72. The maximum Gasteiger partial charge on any atom is 0.317 e. The standard InChI is InChI=1S/C15H24N2O5S/c1-23(21,22)10-14(5-6-14)8-16-13(20)17-7-11-3-2-4-15(11,9-17)12(18)19/h11H,2-10H2,1H3,(H,16,20)(H,18,19)/t11-,15+/m0/s1. The lowest BCUT2D eigenvalue weighted by Crippen LogP contribution is -2.44. The van der Waals surface area contributed by atoms with E-state index in [-0.39, 0.29) is 29.7 Å². The molecule has 3 aliphatic rings. The van der Waals surface area contributed by atoms with E-state index < -0.39 is 21.2 Å². The largest absolute Gasteiger partial charge is 0.481 e. The van der Waals surface area contributed by atoms with Gasteiger partial charge in [0.25, 0.3) is 0 Å². The van der Waals surface area contributed by atoms with Crippen molar-refractivity contribution in [1.82, 2.24) is 10.2 Å². The Morgan fingerprint density at radius 2 is 2.00 bits per heavy atom. The molecule has 0 unspecified atom stereocenters. The maximum absolute atomic E-state index is 12.4. The summed E-state index contributed by atoms with van der Waals surface area (Å²) in [7, 11) is -3.06. The number of likely N-dealkylation sites (tertiary alicyclic amines) is 1. The van der Waals surface area contributed by atoms with Crippen LogP contribution in [0, 0.1) is 16.7 Å². The zero-order valence-electron chi connectivity index (χ0n) is 13.4. The molecule has 2 atom stereocenters. The van der Waals surface area contributed by atoms with E-state index in [0.29, 0.717) is 19.5 Å². The Hall–Kier alpha value is -1.31. The van der Waals surface area contributed by atoms with Gasteiger partial charge in [-0.15, -0.1) is 0 Å². The number of carboxylic acids is 1. The lowest BCUT2D eigenvalue weighted by molar-refractivity contribution is -0.149. The second-order valence-corrected chi connectivity index (χ2v) is 9.80.